The standard InChI is InChI=1S/C12H16FN3O3S/c1-19-12(11(7-13)15-16-14)10-5-3-9(4-6-10)8-20(2,17)18/h3-6,11-12H,7-8H2,1-2H3/t11-,12-/m1/s1. The molecule has 8 heteroatoms. The van der Waals surface area contributed by atoms with Gasteiger partial charge in [0.25, 0.3) is 0 Å². The highest BCUT2D eigenvalue weighted by Crippen LogP contribution is 2.24. The molecule has 1 rings (SSSR count). The minimum absolute atomic E-state index is 0.0617. The summed E-state index contributed by atoms with van der Waals surface area (Å²) in [7, 11) is -1.71. The summed E-state index contributed by atoms with van der Waals surface area (Å²) < 4.78 is 40.4. The zero-order chi connectivity index (χ0) is 15.2. The van der Waals surface area contributed by atoms with E-state index in [1.807, 2.05) is 0 Å². The fraction of sp³-hybridized carbons (Fsp3) is 0.500. The van der Waals surface area contributed by atoms with Crippen molar-refractivity contribution in [2.75, 3.05) is 20.0 Å². The number of hydrogen-bond acceptors (Lipinski definition) is 4. The summed E-state index contributed by atoms with van der Waals surface area (Å²) in [6, 6.07) is 5.60. The maximum atomic E-state index is 12.8. The minimum atomic E-state index is -3.10. The number of benzene rings is 1. The molecule has 0 N–H and O–H groups in total. The van der Waals surface area contributed by atoms with E-state index in [4.69, 9.17) is 10.3 Å². The Labute approximate surface area is 117 Å². The zero-order valence-corrected chi connectivity index (χ0v) is 12.0. The van der Waals surface area contributed by atoms with Gasteiger partial charge in [0, 0.05) is 18.3 Å². The molecule has 2 atom stereocenters. The average Bonchev–Trinajstić information content (AvgIpc) is 2.38. The van der Waals surface area contributed by atoms with Gasteiger partial charge >= 0.3 is 0 Å². The number of methoxy groups -OCH3 is 1. The lowest BCUT2D eigenvalue weighted by molar-refractivity contribution is 0.0722. The maximum absolute atomic E-state index is 12.8. The Morgan fingerprint density at radius 3 is 2.40 bits per heavy atom. The summed E-state index contributed by atoms with van der Waals surface area (Å²) in [5.41, 5.74) is 9.66. The van der Waals surface area contributed by atoms with E-state index in [-0.39, 0.29) is 5.75 Å². The van der Waals surface area contributed by atoms with Gasteiger partial charge in [-0.25, -0.2) is 8.42 Å². The molecule has 110 valence electrons. The van der Waals surface area contributed by atoms with Gasteiger partial charge in [-0.1, -0.05) is 29.4 Å². The van der Waals surface area contributed by atoms with Gasteiger partial charge in [0.1, 0.15) is 6.67 Å². The number of hydrogen-bond donors (Lipinski definition) is 0. The molecule has 20 heavy (non-hydrogen) atoms. The number of sulfone groups is 1. The van der Waals surface area contributed by atoms with Crippen LogP contribution in [0.25, 0.3) is 10.4 Å². The third kappa shape index (κ3) is 4.80. The molecule has 0 unspecified atom stereocenters. The molecule has 0 heterocycles. The van der Waals surface area contributed by atoms with Gasteiger partial charge in [0.15, 0.2) is 9.84 Å². The van der Waals surface area contributed by atoms with Crippen molar-refractivity contribution in [3.05, 3.63) is 45.8 Å². The summed E-state index contributed by atoms with van der Waals surface area (Å²) in [5.74, 6) is -0.0617. The molecule has 0 aliphatic carbocycles. The van der Waals surface area contributed by atoms with Crippen LogP contribution in [0.4, 0.5) is 4.39 Å². The van der Waals surface area contributed by atoms with E-state index in [1.54, 1.807) is 24.3 Å². The summed E-state index contributed by atoms with van der Waals surface area (Å²) >= 11 is 0. The quantitative estimate of drug-likeness (QED) is 0.440. The van der Waals surface area contributed by atoms with E-state index < -0.39 is 28.7 Å². The first-order chi connectivity index (χ1) is 9.41. The average molecular weight is 301 g/mol. The molecule has 1 aromatic rings. The van der Waals surface area contributed by atoms with Crippen LogP contribution in [0.5, 0.6) is 0 Å². The van der Waals surface area contributed by atoms with Crippen LogP contribution in [0.3, 0.4) is 0 Å². The van der Waals surface area contributed by atoms with Crippen LogP contribution in [0.15, 0.2) is 29.4 Å². The van der Waals surface area contributed by atoms with Crippen LogP contribution in [0.2, 0.25) is 0 Å². The Morgan fingerprint density at radius 1 is 1.40 bits per heavy atom. The molecular weight excluding hydrogens is 285 g/mol. The van der Waals surface area contributed by atoms with Gasteiger partial charge in [-0.05, 0) is 16.7 Å². The fourth-order valence-corrected chi connectivity index (χ4v) is 2.66. The molecule has 6 nitrogen and oxygen atoms in total. The number of rotatable bonds is 7. The van der Waals surface area contributed by atoms with E-state index >= 15 is 0 Å². The normalized spacial score (nSPS) is 14.3. The predicted molar refractivity (Wildman–Crippen MR) is 73.6 cm³/mol. The largest absolute Gasteiger partial charge is 0.376 e. The Kier molecular flexibility index (Phi) is 5.94. The lowest BCUT2D eigenvalue weighted by atomic mass is 10.0. The first kappa shape index (κ1) is 16.4. The van der Waals surface area contributed by atoms with E-state index in [0.29, 0.717) is 11.1 Å². The molecule has 0 aliphatic heterocycles. The van der Waals surface area contributed by atoms with Gasteiger partial charge in [-0.15, -0.1) is 0 Å². The third-order valence-corrected chi connectivity index (χ3v) is 3.56. The maximum Gasteiger partial charge on any atom is 0.151 e. The first-order valence-corrected chi connectivity index (χ1v) is 7.87. The molecule has 0 bridgehead atoms. The van der Waals surface area contributed by atoms with Crippen molar-refractivity contribution in [3.63, 3.8) is 0 Å². The zero-order valence-electron chi connectivity index (χ0n) is 11.2. The smallest absolute Gasteiger partial charge is 0.151 e. The van der Waals surface area contributed by atoms with Crippen molar-refractivity contribution in [2.45, 2.75) is 17.9 Å². The molecule has 1 aromatic carbocycles. The number of nitrogens with zero attached hydrogens (tertiary/aromatic N) is 3. The fourth-order valence-electron chi connectivity index (χ4n) is 1.86. The molecule has 0 amide bonds. The second-order valence-electron chi connectivity index (χ2n) is 4.39. The van der Waals surface area contributed by atoms with Crippen molar-refractivity contribution >= 4 is 9.84 Å². The van der Waals surface area contributed by atoms with Crippen molar-refractivity contribution in [2.24, 2.45) is 5.11 Å². The highest BCUT2D eigenvalue weighted by molar-refractivity contribution is 7.89. The lowest BCUT2D eigenvalue weighted by Crippen LogP contribution is -2.20. The van der Waals surface area contributed by atoms with Crippen molar-refractivity contribution in [1.29, 1.82) is 0 Å². The summed E-state index contributed by atoms with van der Waals surface area (Å²) in [6.07, 6.45) is 0.447. The minimum Gasteiger partial charge on any atom is -0.376 e. The second-order valence-corrected chi connectivity index (χ2v) is 6.53. The Bertz CT molecular complexity index is 582. The molecule has 0 spiro atoms. The molecule has 0 radical (unpaired) electrons. The molecule has 0 aromatic heterocycles. The first-order valence-electron chi connectivity index (χ1n) is 5.80. The number of halogens is 1. The molecule has 0 aliphatic rings. The van der Waals surface area contributed by atoms with Crippen molar-refractivity contribution < 1.29 is 17.5 Å². The van der Waals surface area contributed by atoms with Crippen LogP contribution < -0.4 is 0 Å². The Balaban J connectivity index is 2.97. The molecule has 0 saturated carbocycles. The highest BCUT2D eigenvalue weighted by atomic mass is 32.2. The van der Waals surface area contributed by atoms with Gasteiger partial charge < -0.3 is 4.74 Å². The third-order valence-electron chi connectivity index (χ3n) is 2.70. The second kappa shape index (κ2) is 7.23. The van der Waals surface area contributed by atoms with E-state index in [0.717, 1.165) is 6.26 Å². The van der Waals surface area contributed by atoms with Crippen LogP contribution in [0.1, 0.15) is 17.2 Å². The summed E-state index contributed by atoms with van der Waals surface area (Å²) in [4.78, 5) is 2.59. The molecule has 0 fully saturated rings. The van der Waals surface area contributed by atoms with Crippen LogP contribution in [0, 0.1) is 0 Å². The SMILES string of the molecule is CO[C@H](c1ccc(CS(C)(=O)=O)cc1)[C@@H](CF)N=[N+]=[N-]. The monoisotopic (exact) mass is 301 g/mol. The summed E-state index contributed by atoms with van der Waals surface area (Å²) in [5, 5.41) is 3.36. The number of ether oxygens (including phenoxy) is 1. The van der Waals surface area contributed by atoms with Crippen LogP contribution in [-0.4, -0.2) is 34.5 Å². The van der Waals surface area contributed by atoms with Crippen molar-refractivity contribution in [1.82, 2.24) is 0 Å². The van der Waals surface area contributed by atoms with Crippen LogP contribution in [-0.2, 0) is 20.3 Å². The molecule has 0 saturated heterocycles. The number of azide groups is 1. The summed E-state index contributed by atoms with van der Waals surface area (Å²) in [6.45, 7) is -0.840. The topological polar surface area (TPSA) is 92.1 Å². The van der Waals surface area contributed by atoms with E-state index in [2.05, 4.69) is 10.0 Å². The van der Waals surface area contributed by atoms with E-state index in [9.17, 15) is 12.8 Å². The van der Waals surface area contributed by atoms with Crippen molar-refractivity contribution in [3.8, 4) is 0 Å². The van der Waals surface area contributed by atoms with Gasteiger partial charge in [-0.3, -0.25) is 4.39 Å². The van der Waals surface area contributed by atoms with Gasteiger partial charge in [0.2, 0.25) is 0 Å². The van der Waals surface area contributed by atoms with Gasteiger partial charge in [0.05, 0.1) is 17.9 Å². The molecular formula is C12H16FN3O3S. The van der Waals surface area contributed by atoms with E-state index in [1.165, 1.54) is 7.11 Å². The number of alkyl halides is 1. The predicted octanol–water partition coefficient (Wildman–Crippen LogP) is 2.57. The Hall–Kier alpha value is -1.63. The Morgan fingerprint density at radius 2 is 2.00 bits per heavy atom. The van der Waals surface area contributed by atoms with Crippen LogP contribution >= 0.6 is 0 Å². The highest BCUT2D eigenvalue weighted by Gasteiger charge is 2.22. The van der Waals surface area contributed by atoms with Gasteiger partial charge in [-0.2, -0.15) is 0 Å². The lowest BCUT2D eigenvalue weighted by Gasteiger charge is -2.20.